The van der Waals surface area contributed by atoms with Crippen molar-refractivity contribution in [2.75, 3.05) is 13.2 Å². The lowest BCUT2D eigenvalue weighted by atomic mass is 10.1. The van der Waals surface area contributed by atoms with Gasteiger partial charge in [0.25, 0.3) is 5.91 Å². The van der Waals surface area contributed by atoms with Crippen LogP contribution in [-0.2, 0) is 0 Å². The maximum absolute atomic E-state index is 11.9. The third-order valence-electron chi connectivity index (χ3n) is 3.42. The van der Waals surface area contributed by atoms with E-state index >= 15 is 0 Å². The Bertz CT molecular complexity index is 569. The van der Waals surface area contributed by atoms with E-state index in [1.807, 2.05) is 0 Å². The average molecular weight is 262 g/mol. The van der Waals surface area contributed by atoms with Crippen LogP contribution >= 0.6 is 0 Å². The summed E-state index contributed by atoms with van der Waals surface area (Å²) in [6.45, 7) is 0.565. The maximum Gasteiger partial charge on any atom is 0.273 e. The van der Waals surface area contributed by atoms with E-state index in [0.717, 1.165) is 12.8 Å². The number of rotatable bonds is 5. The van der Waals surface area contributed by atoms with Gasteiger partial charge in [0.15, 0.2) is 11.5 Å². The van der Waals surface area contributed by atoms with Gasteiger partial charge in [0.1, 0.15) is 0 Å². The second-order valence-electron chi connectivity index (χ2n) is 4.89. The lowest BCUT2D eigenvalue weighted by molar-refractivity contribution is 0.0926. The van der Waals surface area contributed by atoms with Crippen LogP contribution in [0.4, 0.5) is 0 Å². The minimum absolute atomic E-state index is 0.101. The number of amides is 1. The molecule has 1 aliphatic rings. The van der Waals surface area contributed by atoms with Crippen molar-refractivity contribution in [1.82, 2.24) is 10.5 Å². The molecule has 2 aromatic rings. The first kappa shape index (κ1) is 12.0. The molecule has 1 fully saturated rings. The van der Waals surface area contributed by atoms with Gasteiger partial charge in [-0.3, -0.25) is 4.79 Å². The summed E-state index contributed by atoms with van der Waals surface area (Å²) in [5, 5.41) is 15.6. The minimum Gasteiger partial charge on any atom is -0.461 e. The topological polar surface area (TPSA) is 88.5 Å². The van der Waals surface area contributed by atoms with Gasteiger partial charge in [-0.15, -0.1) is 0 Å². The number of furan rings is 1. The molecule has 0 radical (unpaired) electrons. The molecule has 0 atom stereocenters. The second-order valence-corrected chi connectivity index (χ2v) is 4.89. The van der Waals surface area contributed by atoms with E-state index in [4.69, 9.17) is 8.94 Å². The van der Waals surface area contributed by atoms with Crippen molar-refractivity contribution >= 4 is 5.91 Å². The number of nitrogens with one attached hydrogen (secondary N) is 1. The second kappa shape index (κ2) is 4.55. The summed E-state index contributed by atoms with van der Waals surface area (Å²) in [4.78, 5) is 11.9. The monoisotopic (exact) mass is 262 g/mol. The van der Waals surface area contributed by atoms with Crippen molar-refractivity contribution in [3.63, 3.8) is 0 Å². The molecule has 1 amide bonds. The summed E-state index contributed by atoms with van der Waals surface area (Å²) < 4.78 is 10.2. The Labute approximate surface area is 109 Å². The first-order chi connectivity index (χ1) is 9.22. The molecule has 1 saturated carbocycles. The number of aliphatic hydroxyl groups is 1. The van der Waals surface area contributed by atoms with E-state index < -0.39 is 0 Å². The predicted octanol–water partition coefficient (Wildman–Crippen LogP) is 1.44. The Kier molecular flexibility index (Phi) is 2.87. The highest BCUT2D eigenvalue weighted by Crippen LogP contribution is 2.44. The molecule has 19 heavy (non-hydrogen) atoms. The Morgan fingerprint density at radius 2 is 2.32 bits per heavy atom. The van der Waals surface area contributed by atoms with Crippen molar-refractivity contribution in [3.05, 3.63) is 30.2 Å². The first-order valence-electron chi connectivity index (χ1n) is 6.12. The van der Waals surface area contributed by atoms with Crippen LogP contribution in [0.2, 0.25) is 0 Å². The van der Waals surface area contributed by atoms with E-state index in [1.165, 1.54) is 12.3 Å². The van der Waals surface area contributed by atoms with Crippen molar-refractivity contribution in [2.24, 2.45) is 5.41 Å². The van der Waals surface area contributed by atoms with Crippen LogP contribution in [-0.4, -0.2) is 29.3 Å². The highest BCUT2D eigenvalue weighted by molar-refractivity contribution is 5.92. The number of nitrogens with zero attached hydrogens (tertiary/aromatic N) is 1. The van der Waals surface area contributed by atoms with E-state index in [2.05, 4.69) is 10.5 Å². The maximum atomic E-state index is 11.9. The molecule has 2 N–H and O–H groups in total. The molecular weight excluding hydrogens is 248 g/mol. The van der Waals surface area contributed by atoms with Crippen molar-refractivity contribution in [2.45, 2.75) is 12.8 Å². The van der Waals surface area contributed by atoms with Gasteiger partial charge < -0.3 is 19.4 Å². The molecule has 100 valence electrons. The number of hydrogen-bond donors (Lipinski definition) is 2. The first-order valence-corrected chi connectivity index (χ1v) is 6.12. The highest BCUT2D eigenvalue weighted by Gasteiger charge is 2.42. The fraction of sp³-hybridized carbons (Fsp3) is 0.385. The van der Waals surface area contributed by atoms with Crippen LogP contribution in [0.15, 0.2) is 33.4 Å². The molecule has 2 heterocycles. The quantitative estimate of drug-likeness (QED) is 0.851. The molecule has 0 spiro atoms. The van der Waals surface area contributed by atoms with Crippen LogP contribution in [0.3, 0.4) is 0 Å². The summed E-state index contributed by atoms with van der Waals surface area (Å²) in [5.74, 6) is 0.639. The molecule has 2 aromatic heterocycles. The molecule has 1 aliphatic carbocycles. The van der Waals surface area contributed by atoms with Crippen LogP contribution in [0.25, 0.3) is 11.5 Å². The fourth-order valence-electron chi connectivity index (χ4n) is 1.84. The molecule has 0 unspecified atom stereocenters. The normalized spacial score (nSPS) is 16.3. The van der Waals surface area contributed by atoms with Crippen molar-refractivity contribution < 1.29 is 18.8 Å². The molecular formula is C13H14N2O4. The average Bonchev–Trinajstić information content (AvgIpc) is 2.87. The zero-order valence-corrected chi connectivity index (χ0v) is 10.3. The van der Waals surface area contributed by atoms with Crippen LogP contribution < -0.4 is 5.32 Å². The predicted molar refractivity (Wildman–Crippen MR) is 65.3 cm³/mol. The van der Waals surface area contributed by atoms with Gasteiger partial charge in [0.2, 0.25) is 5.76 Å². The third kappa shape index (κ3) is 2.39. The number of aliphatic hydroxyl groups excluding tert-OH is 1. The van der Waals surface area contributed by atoms with E-state index in [0.29, 0.717) is 18.1 Å². The highest BCUT2D eigenvalue weighted by atomic mass is 16.5. The molecule has 6 nitrogen and oxygen atoms in total. The van der Waals surface area contributed by atoms with Gasteiger partial charge in [-0.05, 0) is 25.0 Å². The van der Waals surface area contributed by atoms with E-state index in [1.54, 1.807) is 12.1 Å². The van der Waals surface area contributed by atoms with Crippen LogP contribution in [0.5, 0.6) is 0 Å². The lowest BCUT2D eigenvalue weighted by Gasteiger charge is -2.11. The Morgan fingerprint density at radius 1 is 1.47 bits per heavy atom. The number of hydrogen-bond acceptors (Lipinski definition) is 5. The molecule has 3 rings (SSSR count). The zero-order valence-electron chi connectivity index (χ0n) is 10.3. The molecule has 0 aliphatic heterocycles. The largest absolute Gasteiger partial charge is 0.461 e. The molecule has 0 bridgehead atoms. The summed E-state index contributed by atoms with van der Waals surface area (Å²) in [6.07, 6.45) is 3.41. The summed E-state index contributed by atoms with van der Waals surface area (Å²) in [7, 11) is 0. The zero-order chi connectivity index (χ0) is 13.3. The van der Waals surface area contributed by atoms with Crippen molar-refractivity contribution in [1.29, 1.82) is 0 Å². The summed E-state index contributed by atoms with van der Waals surface area (Å²) in [6, 6.07) is 5.00. The van der Waals surface area contributed by atoms with Crippen LogP contribution in [0.1, 0.15) is 23.3 Å². The van der Waals surface area contributed by atoms with Gasteiger partial charge in [-0.2, -0.15) is 0 Å². The van der Waals surface area contributed by atoms with E-state index in [9.17, 15) is 9.90 Å². The Balaban J connectivity index is 1.64. The number of carbonyl (C=O) groups excluding carboxylic acids is 1. The van der Waals surface area contributed by atoms with Gasteiger partial charge in [0, 0.05) is 18.0 Å². The number of carbonyl (C=O) groups is 1. The summed E-state index contributed by atoms with van der Waals surface area (Å²) >= 11 is 0. The number of aromatic nitrogens is 1. The van der Waals surface area contributed by atoms with E-state index in [-0.39, 0.29) is 23.6 Å². The standard InChI is InChI=1S/C13H14N2O4/c16-8-13(3-4-13)7-14-12(17)9-6-11(19-15-9)10-2-1-5-18-10/h1-2,5-6,16H,3-4,7-8H2,(H,14,17). The molecule has 0 aromatic carbocycles. The van der Waals surface area contributed by atoms with Crippen LogP contribution in [0, 0.1) is 5.41 Å². The third-order valence-corrected chi connectivity index (χ3v) is 3.42. The lowest BCUT2D eigenvalue weighted by Crippen LogP contribution is -2.32. The van der Waals surface area contributed by atoms with Gasteiger partial charge in [-0.1, -0.05) is 5.16 Å². The smallest absolute Gasteiger partial charge is 0.273 e. The summed E-state index contributed by atoms with van der Waals surface area (Å²) in [5.41, 5.74) is 0.0867. The van der Waals surface area contributed by atoms with Gasteiger partial charge >= 0.3 is 0 Å². The van der Waals surface area contributed by atoms with Crippen molar-refractivity contribution in [3.8, 4) is 11.5 Å². The van der Waals surface area contributed by atoms with Gasteiger partial charge in [0.05, 0.1) is 12.9 Å². The van der Waals surface area contributed by atoms with Gasteiger partial charge in [-0.25, -0.2) is 0 Å². The fourth-order valence-corrected chi connectivity index (χ4v) is 1.84. The Hall–Kier alpha value is -2.08. The minimum atomic E-state index is -0.304. The molecule has 0 saturated heterocycles. The molecule has 6 heteroatoms. The Morgan fingerprint density at radius 3 is 2.95 bits per heavy atom. The SMILES string of the molecule is O=C(NCC1(CO)CC1)c1cc(-c2ccco2)on1.